The van der Waals surface area contributed by atoms with Crippen molar-refractivity contribution in [2.75, 3.05) is 11.4 Å². The number of imide groups is 1. The van der Waals surface area contributed by atoms with Crippen molar-refractivity contribution in [3.8, 4) is 6.07 Å². The molecule has 3 amide bonds. The first-order valence-corrected chi connectivity index (χ1v) is 9.83. The quantitative estimate of drug-likeness (QED) is 0.732. The van der Waals surface area contributed by atoms with E-state index in [1.54, 1.807) is 20.8 Å². The molecule has 1 aromatic rings. The first kappa shape index (κ1) is 21.6. The first-order chi connectivity index (χ1) is 14.0. The zero-order chi connectivity index (χ0) is 22.2. The number of amides is 3. The number of hydrogen-bond acceptors (Lipinski definition) is 6. The van der Waals surface area contributed by atoms with Crippen molar-refractivity contribution in [1.82, 2.24) is 10.6 Å². The number of ether oxygens (including phenoxy) is 1. The van der Waals surface area contributed by atoms with E-state index in [4.69, 9.17) is 4.74 Å². The average molecular weight is 416 g/mol. The average Bonchev–Trinajstić information content (AvgIpc) is 2.63. The lowest BCUT2D eigenvalue weighted by atomic mass is 9.88. The number of alkyl carbamates (subject to hydrolysis) is 1. The molecule has 3 atom stereocenters. The highest BCUT2D eigenvalue weighted by Gasteiger charge is 2.39. The number of piperidine rings is 1. The smallest absolute Gasteiger partial charge is 0.408 e. The fourth-order valence-corrected chi connectivity index (χ4v) is 3.72. The van der Waals surface area contributed by atoms with Gasteiger partial charge in [0.1, 0.15) is 17.5 Å². The zero-order valence-electron chi connectivity index (χ0n) is 17.4. The fourth-order valence-electron chi connectivity index (χ4n) is 3.72. The molecule has 0 bridgehead atoms. The number of carbonyl (C=O) groups is 3. The number of nitriles is 1. The highest BCUT2D eigenvalue weighted by Crippen LogP contribution is 2.35. The van der Waals surface area contributed by atoms with Crippen molar-refractivity contribution >= 4 is 23.6 Å². The van der Waals surface area contributed by atoms with Crippen LogP contribution in [0.2, 0.25) is 0 Å². The molecule has 2 aliphatic heterocycles. The summed E-state index contributed by atoms with van der Waals surface area (Å²) >= 11 is 0. The van der Waals surface area contributed by atoms with Crippen LogP contribution in [0.15, 0.2) is 12.1 Å². The molecule has 0 aromatic heterocycles. The van der Waals surface area contributed by atoms with Crippen LogP contribution >= 0.6 is 0 Å². The second-order valence-electron chi connectivity index (χ2n) is 8.65. The van der Waals surface area contributed by atoms with E-state index in [0.29, 0.717) is 12.2 Å². The van der Waals surface area contributed by atoms with Crippen LogP contribution in [-0.4, -0.2) is 42.1 Å². The Kier molecular flexibility index (Phi) is 5.70. The Labute approximate surface area is 174 Å². The molecule has 1 aromatic carbocycles. The summed E-state index contributed by atoms with van der Waals surface area (Å²) in [6.45, 7) is 7.57. The van der Waals surface area contributed by atoms with Crippen molar-refractivity contribution in [1.29, 1.82) is 5.26 Å². The molecule has 2 aliphatic rings. The monoisotopic (exact) mass is 416 g/mol. The number of hydrogen-bond donors (Lipinski definition) is 2. The van der Waals surface area contributed by atoms with E-state index >= 15 is 0 Å². The van der Waals surface area contributed by atoms with E-state index in [1.165, 1.54) is 12.1 Å². The predicted molar refractivity (Wildman–Crippen MR) is 106 cm³/mol. The van der Waals surface area contributed by atoms with Gasteiger partial charge in [-0.15, -0.1) is 0 Å². The van der Waals surface area contributed by atoms with Crippen LogP contribution in [0.1, 0.15) is 57.6 Å². The molecular formula is C21H25FN4O4. The first-order valence-electron chi connectivity index (χ1n) is 9.83. The van der Waals surface area contributed by atoms with Gasteiger partial charge in [0.25, 0.3) is 0 Å². The number of halogens is 1. The van der Waals surface area contributed by atoms with Crippen LogP contribution in [0.4, 0.5) is 14.9 Å². The third kappa shape index (κ3) is 4.37. The predicted octanol–water partition coefficient (Wildman–Crippen LogP) is 2.32. The van der Waals surface area contributed by atoms with Crippen LogP contribution < -0.4 is 15.5 Å². The van der Waals surface area contributed by atoms with Gasteiger partial charge in [0.15, 0.2) is 0 Å². The number of rotatable bonds is 3. The molecule has 2 fully saturated rings. The van der Waals surface area contributed by atoms with Gasteiger partial charge in [0.05, 0.1) is 23.2 Å². The maximum Gasteiger partial charge on any atom is 0.408 e. The number of anilines is 1. The molecule has 30 heavy (non-hydrogen) atoms. The van der Waals surface area contributed by atoms with Gasteiger partial charge in [0, 0.05) is 24.6 Å². The summed E-state index contributed by atoms with van der Waals surface area (Å²) in [6.07, 6.45) is -0.201. The molecule has 2 saturated heterocycles. The minimum Gasteiger partial charge on any atom is -0.444 e. The Balaban J connectivity index is 1.76. The second-order valence-corrected chi connectivity index (χ2v) is 8.65. The zero-order valence-corrected chi connectivity index (χ0v) is 17.4. The second kappa shape index (κ2) is 7.94. The van der Waals surface area contributed by atoms with Gasteiger partial charge in [-0.05, 0) is 46.2 Å². The van der Waals surface area contributed by atoms with Crippen LogP contribution in [0.25, 0.3) is 0 Å². The largest absolute Gasteiger partial charge is 0.444 e. The molecule has 1 unspecified atom stereocenters. The number of benzene rings is 1. The van der Waals surface area contributed by atoms with E-state index in [1.807, 2.05) is 11.8 Å². The highest BCUT2D eigenvalue weighted by molar-refractivity contribution is 6.01. The Morgan fingerprint density at radius 2 is 2.07 bits per heavy atom. The number of nitrogens with zero attached hydrogens (tertiary/aromatic N) is 2. The Morgan fingerprint density at radius 3 is 2.63 bits per heavy atom. The minimum absolute atomic E-state index is 0.108. The highest BCUT2D eigenvalue weighted by atomic mass is 19.1. The summed E-state index contributed by atoms with van der Waals surface area (Å²) in [5.74, 6) is -2.35. The van der Waals surface area contributed by atoms with E-state index in [2.05, 4.69) is 16.7 Å². The summed E-state index contributed by atoms with van der Waals surface area (Å²) in [7, 11) is 0. The standard InChI is InChI=1S/C21H25FN4O4/c1-11-16(24-20(29)30-21(2,3)4)10-26(11)17-8-15(22)14(7-12(17)9-23)13-5-6-18(27)25-19(13)28/h7-8,11,13,16H,5-6,10H2,1-4H3,(H,24,29)(H,25,27,28)/t11-,13?,16+/m1/s1. The van der Waals surface area contributed by atoms with Gasteiger partial charge in [-0.1, -0.05) is 0 Å². The van der Waals surface area contributed by atoms with E-state index in [9.17, 15) is 24.0 Å². The summed E-state index contributed by atoms with van der Waals surface area (Å²) in [5.41, 5.74) is 0.135. The van der Waals surface area contributed by atoms with Crippen LogP contribution in [0, 0.1) is 17.1 Å². The van der Waals surface area contributed by atoms with E-state index in [-0.39, 0.29) is 42.0 Å². The van der Waals surface area contributed by atoms with Gasteiger partial charge in [-0.25, -0.2) is 9.18 Å². The van der Waals surface area contributed by atoms with Gasteiger partial charge in [-0.3, -0.25) is 14.9 Å². The van der Waals surface area contributed by atoms with Crippen molar-refractivity contribution in [2.45, 2.75) is 64.1 Å². The summed E-state index contributed by atoms with van der Waals surface area (Å²) in [5, 5.41) is 14.6. The molecule has 0 aliphatic carbocycles. The Hall–Kier alpha value is -3.15. The molecule has 160 valence electrons. The molecule has 0 saturated carbocycles. The molecule has 9 heteroatoms. The van der Waals surface area contributed by atoms with Crippen LogP contribution in [0.3, 0.4) is 0 Å². The molecule has 8 nitrogen and oxygen atoms in total. The van der Waals surface area contributed by atoms with Gasteiger partial charge >= 0.3 is 6.09 Å². The van der Waals surface area contributed by atoms with Crippen LogP contribution in [-0.2, 0) is 14.3 Å². The third-order valence-corrected chi connectivity index (χ3v) is 5.33. The van der Waals surface area contributed by atoms with Gasteiger partial charge < -0.3 is 15.0 Å². The van der Waals surface area contributed by atoms with E-state index < -0.39 is 29.3 Å². The van der Waals surface area contributed by atoms with Gasteiger partial charge in [-0.2, -0.15) is 5.26 Å². The van der Waals surface area contributed by atoms with Crippen molar-refractivity contribution in [2.24, 2.45) is 0 Å². The number of carbonyl (C=O) groups excluding carboxylic acids is 3. The molecule has 3 rings (SSSR count). The van der Waals surface area contributed by atoms with E-state index in [0.717, 1.165) is 0 Å². The topological polar surface area (TPSA) is 112 Å². The maximum absolute atomic E-state index is 14.9. The summed E-state index contributed by atoms with van der Waals surface area (Å²) < 4.78 is 20.1. The molecule has 0 radical (unpaired) electrons. The minimum atomic E-state index is -0.806. The molecular weight excluding hydrogens is 391 g/mol. The Morgan fingerprint density at radius 1 is 1.37 bits per heavy atom. The SMILES string of the molecule is C[C@@H]1[C@@H](NC(=O)OC(C)(C)C)CN1c1cc(F)c(C2CCC(=O)NC2=O)cc1C#N. The lowest BCUT2D eigenvalue weighted by Crippen LogP contribution is -2.66. The molecule has 2 N–H and O–H groups in total. The van der Waals surface area contributed by atoms with Gasteiger partial charge in [0.2, 0.25) is 11.8 Å². The maximum atomic E-state index is 14.9. The third-order valence-electron chi connectivity index (χ3n) is 5.33. The summed E-state index contributed by atoms with van der Waals surface area (Å²) in [4.78, 5) is 37.2. The lowest BCUT2D eigenvalue weighted by Gasteiger charge is -2.48. The molecule has 2 heterocycles. The fraction of sp³-hybridized carbons (Fsp3) is 0.524. The molecule has 0 spiro atoms. The Bertz CT molecular complexity index is 934. The normalized spacial score (nSPS) is 23.9. The van der Waals surface area contributed by atoms with Crippen molar-refractivity contribution in [3.63, 3.8) is 0 Å². The van der Waals surface area contributed by atoms with Crippen molar-refractivity contribution < 1.29 is 23.5 Å². The number of nitrogens with one attached hydrogen (secondary N) is 2. The lowest BCUT2D eigenvalue weighted by molar-refractivity contribution is -0.134. The van der Waals surface area contributed by atoms with Crippen LogP contribution in [0.5, 0.6) is 0 Å². The van der Waals surface area contributed by atoms with Crippen molar-refractivity contribution in [3.05, 3.63) is 29.1 Å². The summed E-state index contributed by atoms with van der Waals surface area (Å²) in [6, 6.07) is 4.31.